The Morgan fingerprint density at radius 1 is 1.22 bits per heavy atom. The van der Waals surface area contributed by atoms with Gasteiger partial charge in [-0.05, 0) is 31.5 Å². The van der Waals surface area contributed by atoms with E-state index in [9.17, 15) is 0 Å². The van der Waals surface area contributed by atoms with Crippen LogP contribution in [-0.2, 0) is 4.43 Å². The van der Waals surface area contributed by atoms with Crippen molar-refractivity contribution >= 4 is 8.32 Å². The van der Waals surface area contributed by atoms with Crippen LogP contribution in [-0.4, -0.2) is 14.4 Å². The zero-order valence-electron chi connectivity index (χ0n) is 13.5. The second-order valence-corrected chi connectivity index (χ2v) is 11.9. The average molecular weight is 267 g/mol. The summed E-state index contributed by atoms with van der Waals surface area (Å²) in [7, 11) is -1.78. The van der Waals surface area contributed by atoms with E-state index in [1.807, 2.05) is 13.0 Å². The Balaban J connectivity index is 5.16. The van der Waals surface area contributed by atoms with E-state index in [0.29, 0.717) is 0 Å². The smallest absolute Gasteiger partial charge is 0.193 e. The second kappa shape index (κ2) is 6.08. The first-order valence-corrected chi connectivity index (χ1v) is 9.60. The van der Waals surface area contributed by atoms with E-state index < -0.39 is 8.32 Å². The molecule has 0 saturated carbocycles. The van der Waals surface area contributed by atoms with Crippen LogP contribution in [0.4, 0.5) is 0 Å². The lowest BCUT2D eigenvalue weighted by atomic mass is 9.83. The zero-order chi connectivity index (χ0) is 14.6. The van der Waals surface area contributed by atoms with Gasteiger partial charge in [-0.15, -0.1) is 12.5 Å². The first-order valence-electron chi connectivity index (χ1n) is 6.69. The fourth-order valence-electron chi connectivity index (χ4n) is 1.47. The van der Waals surface area contributed by atoms with Gasteiger partial charge in [-0.3, -0.25) is 0 Å². The summed E-state index contributed by atoms with van der Waals surface area (Å²) in [6.07, 6.45) is 2.86. The predicted molar refractivity (Wildman–Crippen MR) is 84.1 cm³/mol. The minimum atomic E-state index is -1.78. The zero-order valence-corrected chi connectivity index (χ0v) is 14.5. The van der Waals surface area contributed by atoms with E-state index in [0.717, 1.165) is 6.42 Å². The van der Waals surface area contributed by atoms with Gasteiger partial charge in [0, 0.05) is 5.41 Å². The van der Waals surface area contributed by atoms with E-state index in [-0.39, 0.29) is 16.6 Å². The molecule has 18 heavy (non-hydrogen) atoms. The highest BCUT2D eigenvalue weighted by Gasteiger charge is 2.42. The third-order valence-corrected chi connectivity index (χ3v) is 8.31. The molecule has 0 rings (SSSR count). The van der Waals surface area contributed by atoms with E-state index in [1.165, 1.54) is 0 Å². The van der Waals surface area contributed by atoms with Crippen LogP contribution in [0.5, 0.6) is 0 Å². The van der Waals surface area contributed by atoms with Crippen LogP contribution >= 0.6 is 0 Å². The first-order chi connectivity index (χ1) is 7.98. The Hall–Kier alpha value is -0.523. The minimum absolute atomic E-state index is 0.0126. The summed E-state index contributed by atoms with van der Waals surface area (Å²) in [5.74, 6) is 6.27. The standard InChI is InChI=1S/C16H30OSi/c1-10-12-14(16(6,7)13-11-2)17-18(8,9)15(3,4)5/h11,14H,2,13H2,1,3-9H3. The van der Waals surface area contributed by atoms with Crippen molar-refractivity contribution in [1.82, 2.24) is 0 Å². The highest BCUT2D eigenvalue weighted by Crippen LogP contribution is 2.40. The first kappa shape index (κ1) is 17.5. The number of allylic oxidation sites excluding steroid dienone is 1. The summed E-state index contributed by atoms with van der Waals surface area (Å²) in [6, 6.07) is 0. The van der Waals surface area contributed by atoms with Gasteiger partial charge in [-0.1, -0.05) is 46.6 Å². The molecule has 2 heteroatoms. The third-order valence-electron chi connectivity index (χ3n) is 3.87. The maximum atomic E-state index is 6.48. The highest BCUT2D eigenvalue weighted by molar-refractivity contribution is 6.74. The highest BCUT2D eigenvalue weighted by atomic mass is 28.4. The molecular weight excluding hydrogens is 236 g/mol. The summed E-state index contributed by atoms with van der Waals surface area (Å²) in [5, 5.41) is 0.213. The fourth-order valence-corrected chi connectivity index (χ4v) is 2.79. The van der Waals surface area contributed by atoms with E-state index in [1.54, 1.807) is 0 Å². The van der Waals surface area contributed by atoms with Crippen LogP contribution in [0.25, 0.3) is 0 Å². The molecule has 0 amide bonds. The van der Waals surface area contributed by atoms with Crippen molar-refractivity contribution in [3.05, 3.63) is 12.7 Å². The Bertz CT molecular complexity index is 336. The molecule has 0 bridgehead atoms. The molecule has 0 N–H and O–H groups in total. The average Bonchev–Trinajstić information content (AvgIpc) is 2.14. The van der Waals surface area contributed by atoms with Crippen molar-refractivity contribution in [3.63, 3.8) is 0 Å². The SMILES string of the molecule is C=CCC(C)(C)C(C#CC)O[Si](C)(C)C(C)(C)C. The molecule has 0 aliphatic carbocycles. The van der Waals surface area contributed by atoms with Crippen LogP contribution in [0.2, 0.25) is 18.1 Å². The van der Waals surface area contributed by atoms with Gasteiger partial charge in [0.1, 0.15) is 6.10 Å². The van der Waals surface area contributed by atoms with Gasteiger partial charge in [0.25, 0.3) is 0 Å². The molecule has 0 fully saturated rings. The molecule has 1 unspecified atom stereocenters. The van der Waals surface area contributed by atoms with Crippen LogP contribution in [0.15, 0.2) is 12.7 Å². The summed E-state index contributed by atoms with van der Waals surface area (Å²) in [4.78, 5) is 0. The summed E-state index contributed by atoms with van der Waals surface area (Å²) < 4.78 is 6.48. The molecule has 0 saturated heterocycles. The van der Waals surface area contributed by atoms with Crippen LogP contribution < -0.4 is 0 Å². The Morgan fingerprint density at radius 3 is 2.06 bits per heavy atom. The lowest BCUT2D eigenvalue weighted by Gasteiger charge is -2.42. The minimum Gasteiger partial charge on any atom is -0.403 e. The molecule has 0 heterocycles. The molecule has 0 aromatic rings. The van der Waals surface area contributed by atoms with Gasteiger partial charge in [0.2, 0.25) is 0 Å². The number of hydrogen-bond donors (Lipinski definition) is 0. The summed E-state index contributed by atoms with van der Waals surface area (Å²) in [5.41, 5.74) is 0.0142. The molecule has 0 aromatic heterocycles. The van der Waals surface area contributed by atoms with Crippen molar-refractivity contribution < 1.29 is 4.43 Å². The lowest BCUT2D eigenvalue weighted by molar-refractivity contribution is 0.109. The van der Waals surface area contributed by atoms with Crippen molar-refractivity contribution in [2.24, 2.45) is 5.41 Å². The maximum Gasteiger partial charge on any atom is 0.193 e. The van der Waals surface area contributed by atoms with Gasteiger partial charge in [-0.25, -0.2) is 0 Å². The predicted octanol–water partition coefficient (Wildman–Crippen LogP) is 5.00. The topological polar surface area (TPSA) is 9.23 Å². The normalized spacial score (nSPS) is 14.7. The number of rotatable bonds is 5. The summed E-state index contributed by atoms with van der Waals surface area (Å²) >= 11 is 0. The van der Waals surface area contributed by atoms with Crippen molar-refractivity contribution in [3.8, 4) is 11.8 Å². The third kappa shape index (κ3) is 4.63. The largest absolute Gasteiger partial charge is 0.403 e. The van der Waals surface area contributed by atoms with Gasteiger partial charge < -0.3 is 4.43 Å². The summed E-state index contributed by atoms with van der Waals surface area (Å²) in [6.45, 7) is 21.5. The molecule has 0 aliphatic rings. The number of hydrogen-bond acceptors (Lipinski definition) is 1. The molecule has 1 nitrogen and oxygen atoms in total. The molecule has 0 aliphatic heterocycles. The van der Waals surface area contributed by atoms with Gasteiger partial charge >= 0.3 is 0 Å². The molecule has 0 radical (unpaired) electrons. The van der Waals surface area contributed by atoms with Crippen LogP contribution in [0, 0.1) is 17.3 Å². The monoisotopic (exact) mass is 266 g/mol. The lowest BCUT2D eigenvalue weighted by Crippen LogP contribution is -2.47. The molecule has 104 valence electrons. The quantitative estimate of drug-likeness (QED) is 0.386. The molecule has 0 spiro atoms. The Morgan fingerprint density at radius 2 is 1.72 bits per heavy atom. The van der Waals surface area contributed by atoms with Gasteiger partial charge in [-0.2, -0.15) is 0 Å². The molecule has 0 aromatic carbocycles. The van der Waals surface area contributed by atoms with E-state index in [2.05, 4.69) is 66.1 Å². The van der Waals surface area contributed by atoms with Crippen molar-refractivity contribution in [1.29, 1.82) is 0 Å². The Labute approximate surface area is 115 Å². The van der Waals surface area contributed by atoms with E-state index in [4.69, 9.17) is 4.43 Å². The van der Waals surface area contributed by atoms with Crippen molar-refractivity contribution in [2.75, 3.05) is 0 Å². The maximum absolute atomic E-state index is 6.48. The molecule has 1 atom stereocenters. The fraction of sp³-hybridized carbons (Fsp3) is 0.750. The van der Waals surface area contributed by atoms with Crippen LogP contribution in [0.1, 0.15) is 48.0 Å². The van der Waals surface area contributed by atoms with Crippen LogP contribution in [0.3, 0.4) is 0 Å². The molecular formula is C16H30OSi. The second-order valence-electron chi connectivity index (χ2n) is 7.13. The van der Waals surface area contributed by atoms with Gasteiger partial charge in [0.05, 0.1) is 0 Å². The Kier molecular flexibility index (Phi) is 5.90. The van der Waals surface area contributed by atoms with Gasteiger partial charge in [0.15, 0.2) is 8.32 Å². The van der Waals surface area contributed by atoms with Crippen molar-refractivity contribution in [2.45, 2.75) is 72.2 Å². The van der Waals surface area contributed by atoms with E-state index >= 15 is 0 Å².